The van der Waals surface area contributed by atoms with E-state index in [1.54, 1.807) is 32.2 Å². The van der Waals surface area contributed by atoms with E-state index >= 15 is 0 Å². The average molecular weight is 493 g/mol. The van der Waals surface area contributed by atoms with Crippen LogP contribution in [-0.4, -0.2) is 46.9 Å². The molecule has 0 radical (unpaired) electrons. The summed E-state index contributed by atoms with van der Waals surface area (Å²) in [4.78, 5) is 33.5. The predicted molar refractivity (Wildman–Crippen MR) is 135 cm³/mol. The monoisotopic (exact) mass is 492 g/mol. The third-order valence-electron chi connectivity index (χ3n) is 5.84. The van der Waals surface area contributed by atoms with E-state index in [0.717, 1.165) is 5.56 Å². The summed E-state index contributed by atoms with van der Waals surface area (Å²) in [5.74, 6) is -0.412. The number of ether oxygens (including phenoxy) is 2. The van der Waals surface area contributed by atoms with Crippen molar-refractivity contribution in [2.45, 2.75) is 33.2 Å². The van der Waals surface area contributed by atoms with E-state index in [1.165, 1.54) is 16.2 Å². The summed E-state index contributed by atoms with van der Waals surface area (Å²) in [6.45, 7) is 6.39. The first-order valence-corrected chi connectivity index (χ1v) is 12.3. The first-order chi connectivity index (χ1) is 16.9. The van der Waals surface area contributed by atoms with Gasteiger partial charge in [-0.3, -0.25) is 9.59 Å². The number of rotatable bonds is 9. The molecule has 1 aromatic heterocycles. The second kappa shape index (κ2) is 10.3. The second-order valence-corrected chi connectivity index (χ2v) is 9.13. The van der Waals surface area contributed by atoms with Crippen molar-refractivity contribution in [1.82, 2.24) is 9.88 Å². The molecule has 35 heavy (non-hydrogen) atoms. The van der Waals surface area contributed by atoms with Crippen LogP contribution in [0.4, 0.5) is 0 Å². The molecule has 2 heterocycles. The van der Waals surface area contributed by atoms with Crippen molar-refractivity contribution in [3.8, 4) is 22.1 Å². The molecule has 3 aromatic rings. The fourth-order valence-corrected chi connectivity index (χ4v) is 5.29. The van der Waals surface area contributed by atoms with Crippen molar-refractivity contribution in [2.75, 3.05) is 20.3 Å². The Morgan fingerprint density at radius 3 is 2.54 bits per heavy atom. The molecule has 1 aliphatic rings. The van der Waals surface area contributed by atoms with Gasteiger partial charge >= 0.3 is 0 Å². The van der Waals surface area contributed by atoms with E-state index in [2.05, 4.69) is 4.98 Å². The van der Waals surface area contributed by atoms with Crippen LogP contribution in [0.2, 0.25) is 0 Å². The predicted octanol–water partition coefficient (Wildman–Crippen LogP) is 5.51. The summed E-state index contributed by atoms with van der Waals surface area (Å²) in [6.07, 6.45) is 0.670. The zero-order valence-electron chi connectivity index (χ0n) is 20.2. The molecule has 0 saturated carbocycles. The van der Waals surface area contributed by atoms with E-state index in [9.17, 15) is 14.7 Å². The molecule has 8 heteroatoms. The quantitative estimate of drug-likeness (QED) is 0.396. The van der Waals surface area contributed by atoms with Crippen molar-refractivity contribution in [2.24, 2.45) is 0 Å². The molecule has 1 aliphatic heterocycles. The first-order valence-electron chi connectivity index (χ1n) is 11.5. The molecule has 0 fully saturated rings. The van der Waals surface area contributed by atoms with Gasteiger partial charge in [-0.15, -0.1) is 11.3 Å². The zero-order chi connectivity index (χ0) is 25.1. The van der Waals surface area contributed by atoms with Gasteiger partial charge in [0, 0.05) is 12.1 Å². The molecule has 0 saturated heterocycles. The van der Waals surface area contributed by atoms with Crippen molar-refractivity contribution in [1.29, 1.82) is 0 Å². The number of amides is 1. The Hall–Kier alpha value is -3.65. The Bertz CT molecular complexity index is 1280. The molecule has 0 bridgehead atoms. The number of carbonyl (C=O) groups is 2. The number of nitrogens with zero attached hydrogens (tertiary/aromatic N) is 2. The molecular weight excluding hydrogens is 464 g/mol. The third-order valence-corrected chi connectivity index (χ3v) is 7.04. The largest absolute Gasteiger partial charge is 0.503 e. The Morgan fingerprint density at radius 1 is 1.14 bits per heavy atom. The maximum atomic E-state index is 13.9. The molecule has 0 spiro atoms. The van der Waals surface area contributed by atoms with E-state index in [0.29, 0.717) is 52.2 Å². The highest BCUT2D eigenvalue weighted by Crippen LogP contribution is 2.43. The van der Waals surface area contributed by atoms with E-state index in [4.69, 9.17) is 9.47 Å². The van der Waals surface area contributed by atoms with Gasteiger partial charge in [-0.25, -0.2) is 4.98 Å². The number of thiazole rings is 1. The number of carbonyl (C=O) groups excluding carboxylic acids is 2. The number of hydrogen-bond donors (Lipinski definition) is 1. The highest BCUT2D eigenvalue weighted by Gasteiger charge is 2.44. The van der Waals surface area contributed by atoms with Crippen LogP contribution >= 0.6 is 11.3 Å². The smallest absolute Gasteiger partial charge is 0.290 e. The van der Waals surface area contributed by atoms with Gasteiger partial charge in [0.05, 0.1) is 35.9 Å². The van der Waals surface area contributed by atoms with Crippen molar-refractivity contribution < 1.29 is 24.2 Å². The summed E-state index contributed by atoms with van der Waals surface area (Å²) in [5, 5.41) is 11.6. The lowest BCUT2D eigenvalue weighted by Crippen LogP contribution is -2.31. The molecule has 7 nitrogen and oxygen atoms in total. The number of methoxy groups -OCH3 is 1. The van der Waals surface area contributed by atoms with Gasteiger partial charge in [0.1, 0.15) is 5.01 Å². The lowest BCUT2D eigenvalue weighted by Gasteiger charge is -2.27. The van der Waals surface area contributed by atoms with Gasteiger partial charge in [0.25, 0.3) is 5.91 Å². The maximum absolute atomic E-state index is 13.9. The number of aliphatic hydroxyl groups excluding tert-OH is 1. The van der Waals surface area contributed by atoms with Crippen LogP contribution in [0, 0.1) is 6.92 Å². The number of aryl methyl sites for hydroxylation is 1. The standard InChI is InChI=1S/C27H28N2O5S/c1-5-14-29-22(18-12-13-19(33-4)20(15-18)34-6-2)21(24(31)27(29)32)23(30)25-16(3)28-26(35-25)17-10-8-7-9-11-17/h7-13,15,22,31H,5-6,14H2,1-4H3. The van der Waals surface area contributed by atoms with Crippen LogP contribution in [0.25, 0.3) is 10.6 Å². The van der Waals surface area contributed by atoms with Crippen LogP contribution < -0.4 is 9.47 Å². The molecule has 1 amide bonds. The number of aromatic nitrogens is 1. The van der Waals surface area contributed by atoms with Crippen LogP contribution in [-0.2, 0) is 4.79 Å². The lowest BCUT2D eigenvalue weighted by molar-refractivity contribution is -0.129. The van der Waals surface area contributed by atoms with Gasteiger partial charge in [-0.2, -0.15) is 0 Å². The summed E-state index contributed by atoms with van der Waals surface area (Å²) in [5.41, 5.74) is 2.18. The fourth-order valence-electron chi connectivity index (χ4n) is 4.27. The summed E-state index contributed by atoms with van der Waals surface area (Å²) in [7, 11) is 1.55. The molecule has 0 aliphatic carbocycles. The minimum Gasteiger partial charge on any atom is -0.503 e. The van der Waals surface area contributed by atoms with Gasteiger partial charge in [-0.05, 0) is 38.0 Å². The Kier molecular flexibility index (Phi) is 7.21. The third kappa shape index (κ3) is 4.53. The molecular formula is C27H28N2O5S. The van der Waals surface area contributed by atoms with Gasteiger partial charge in [0.15, 0.2) is 17.3 Å². The van der Waals surface area contributed by atoms with Crippen LogP contribution in [0.1, 0.15) is 47.2 Å². The summed E-state index contributed by atoms with van der Waals surface area (Å²) < 4.78 is 11.1. The van der Waals surface area contributed by atoms with Crippen molar-refractivity contribution in [3.05, 3.63) is 76.0 Å². The number of Topliss-reactive ketones (excluding diaryl/α,β-unsaturated/α-hetero) is 1. The normalized spacial score (nSPS) is 15.6. The molecule has 1 N–H and O–H groups in total. The Morgan fingerprint density at radius 2 is 1.89 bits per heavy atom. The lowest BCUT2D eigenvalue weighted by atomic mass is 9.94. The molecule has 4 rings (SSSR count). The molecule has 1 unspecified atom stereocenters. The van der Waals surface area contributed by atoms with Crippen LogP contribution in [0.15, 0.2) is 59.9 Å². The topological polar surface area (TPSA) is 89.0 Å². The number of benzene rings is 2. The minimum atomic E-state index is -0.748. The minimum absolute atomic E-state index is 0.0578. The molecule has 2 aromatic carbocycles. The summed E-state index contributed by atoms with van der Waals surface area (Å²) in [6, 6.07) is 14.2. The molecule has 182 valence electrons. The van der Waals surface area contributed by atoms with Gasteiger partial charge in [0.2, 0.25) is 5.78 Å². The van der Waals surface area contributed by atoms with Crippen molar-refractivity contribution >= 4 is 23.0 Å². The zero-order valence-corrected chi connectivity index (χ0v) is 21.0. The van der Waals surface area contributed by atoms with E-state index in [1.807, 2.05) is 44.2 Å². The number of ketones is 1. The number of aliphatic hydroxyl groups is 1. The highest BCUT2D eigenvalue weighted by atomic mass is 32.1. The highest BCUT2D eigenvalue weighted by molar-refractivity contribution is 7.17. The first kappa shape index (κ1) is 24.5. The Balaban J connectivity index is 1.81. The summed E-state index contributed by atoms with van der Waals surface area (Å²) >= 11 is 1.26. The van der Waals surface area contributed by atoms with E-state index < -0.39 is 23.5 Å². The fraction of sp³-hybridized carbons (Fsp3) is 0.296. The molecule has 1 atom stereocenters. The SMILES string of the molecule is CCCN1C(=O)C(O)=C(C(=O)c2sc(-c3ccccc3)nc2C)C1c1ccc(OC)c(OCC)c1. The van der Waals surface area contributed by atoms with Crippen molar-refractivity contribution in [3.63, 3.8) is 0 Å². The van der Waals surface area contributed by atoms with Gasteiger partial charge in [-0.1, -0.05) is 43.3 Å². The van der Waals surface area contributed by atoms with Crippen LogP contribution in [0.5, 0.6) is 11.5 Å². The maximum Gasteiger partial charge on any atom is 0.290 e. The number of hydrogen-bond acceptors (Lipinski definition) is 7. The Labute approximate surface area is 208 Å². The average Bonchev–Trinajstić information content (AvgIpc) is 3.37. The van der Waals surface area contributed by atoms with E-state index in [-0.39, 0.29) is 5.57 Å². The van der Waals surface area contributed by atoms with Crippen LogP contribution in [0.3, 0.4) is 0 Å². The van der Waals surface area contributed by atoms with Gasteiger partial charge < -0.3 is 19.5 Å². The second-order valence-electron chi connectivity index (χ2n) is 8.14.